The molecule has 0 saturated heterocycles. The van der Waals surface area contributed by atoms with Crippen molar-refractivity contribution >= 4 is 15.9 Å². The predicted molar refractivity (Wildman–Crippen MR) is 64.9 cm³/mol. The Bertz CT molecular complexity index is 583. The molecule has 0 bridgehead atoms. The summed E-state index contributed by atoms with van der Waals surface area (Å²) in [4.78, 5) is 0. The first-order valence-electron chi connectivity index (χ1n) is 5.31. The zero-order valence-corrected chi connectivity index (χ0v) is 11.1. The molecule has 0 aliphatic carbocycles. The van der Waals surface area contributed by atoms with Crippen molar-refractivity contribution in [2.24, 2.45) is 0 Å². The lowest BCUT2D eigenvalue weighted by molar-refractivity contribution is -0.138. The largest absolute Gasteiger partial charge is 0.417 e. The monoisotopic (exact) mass is 335 g/mol. The SMILES string of the molecule is OCCc1cn(-c2ccc(Br)c(C(F)(F)F)c2)nn1. The van der Waals surface area contributed by atoms with E-state index in [0.717, 1.165) is 6.07 Å². The minimum absolute atomic E-state index is 0.0283. The molecule has 0 amide bonds. The Morgan fingerprint density at radius 3 is 2.68 bits per heavy atom. The van der Waals surface area contributed by atoms with Crippen LogP contribution in [0.25, 0.3) is 5.69 Å². The number of aliphatic hydroxyl groups is 1. The number of alkyl halides is 3. The summed E-state index contributed by atoms with van der Waals surface area (Å²) in [6.07, 6.45) is -2.65. The maximum Gasteiger partial charge on any atom is 0.417 e. The maximum absolute atomic E-state index is 12.8. The van der Waals surface area contributed by atoms with Crippen LogP contribution in [0.1, 0.15) is 11.3 Å². The van der Waals surface area contributed by atoms with Gasteiger partial charge in [-0.15, -0.1) is 5.10 Å². The molecule has 2 aromatic rings. The molecule has 8 heteroatoms. The van der Waals surface area contributed by atoms with Crippen LogP contribution in [0.5, 0.6) is 0 Å². The summed E-state index contributed by atoms with van der Waals surface area (Å²) in [5.41, 5.74) is -0.00426. The number of hydrogen-bond acceptors (Lipinski definition) is 3. The summed E-state index contributed by atoms with van der Waals surface area (Å²) in [5, 5.41) is 16.2. The molecule has 0 radical (unpaired) electrons. The van der Waals surface area contributed by atoms with Crippen LogP contribution in [0.4, 0.5) is 13.2 Å². The number of rotatable bonds is 3. The van der Waals surface area contributed by atoms with Crippen molar-refractivity contribution in [1.82, 2.24) is 15.0 Å². The number of aromatic nitrogens is 3. The van der Waals surface area contributed by atoms with Crippen LogP contribution in [-0.2, 0) is 12.6 Å². The van der Waals surface area contributed by atoms with E-state index in [4.69, 9.17) is 5.11 Å². The molecule has 0 fully saturated rings. The fourth-order valence-corrected chi connectivity index (χ4v) is 2.00. The molecular formula is C11H9BrF3N3O. The van der Waals surface area contributed by atoms with Crippen LogP contribution >= 0.6 is 15.9 Å². The van der Waals surface area contributed by atoms with Crippen LogP contribution < -0.4 is 0 Å². The summed E-state index contributed by atoms with van der Waals surface area (Å²) < 4.78 is 39.5. The van der Waals surface area contributed by atoms with Gasteiger partial charge in [0, 0.05) is 17.5 Å². The van der Waals surface area contributed by atoms with E-state index in [-0.39, 0.29) is 16.8 Å². The van der Waals surface area contributed by atoms with Gasteiger partial charge in [0.25, 0.3) is 0 Å². The molecule has 0 aliphatic heterocycles. The molecule has 2 rings (SSSR count). The smallest absolute Gasteiger partial charge is 0.396 e. The van der Waals surface area contributed by atoms with Gasteiger partial charge < -0.3 is 5.11 Å². The molecule has 102 valence electrons. The Morgan fingerprint density at radius 2 is 2.05 bits per heavy atom. The van der Waals surface area contributed by atoms with Gasteiger partial charge in [0.1, 0.15) is 0 Å². The van der Waals surface area contributed by atoms with Gasteiger partial charge in [-0.05, 0) is 18.2 Å². The lowest BCUT2D eigenvalue weighted by Gasteiger charge is -2.10. The third-order valence-electron chi connectivity index (χ3n) is 2.43. The topological polar surface area (TPSA) is 50.9 Å². The van der Waals surface area contributed by atoms with E-state index in [0.29, 0.717) is 12.1 Å². The second-order valence-corrected chi connectivity index (χ2v) is 4.64. The van der Waals surface area contributed by atoms with E-state index in [1.54, 1.807) is 0 Å². The second-order valence-electron chi connectivity index (χ2n) is 3.79. The quantitative estimate of drug-likeness (QED) is 0.937. The molecule has 1 heterocycles. The summed E-state index contributed by atoms with van der Waals surface area (Å²) in [7, 11) is 0. The fraction of sp³-hybridized carbons (Fsp3) is 0.273. The summed E-state index contributed by atoms with van der Waals surface area (Å²) in [6, 6.07) is 3.80. The molecule has 1 aromatic heterocycles. The third-order valence-corrected chi connectivity index (χ3v) is 3.12. The fourth-order valence-electron chi connectivity index (χ4n) is 1.53. The van der Waals surface area contributed by atoms with Gasteiger partial charge in [-0.2, -0.15) is 13.2 Å². The minimum atomic E-state index is -4.44. The summed E-state index contributed by atoms with van der Waals surface area (Å²) in [5.74, 6) is 0. The van der Waals surface area contributed by atoms with Crippen molar-refractivity contribution in [1.29, 1.82) is 0 Å². The van der Waals surface area contributed by atoms with Crippen LogP contribution in [0.2, 0.25) is 0 Å². The minimum Gasteiger partial charge on any atom is -0.396 e. The standard InChI is InChI=1S/C11H9BrF3N3O/c12-10-2-1-8(5-9(10)11(13,14)15)18-6-7(3-4-19)16-17-18/h1-2,5-6,19H,3-4H2. The zero-order chi connectivity index (χ0) is 14.0. The van der Waals surface area contributed by atoms with Gasteiger partial charge in [0.05, 0.1) is 23.1 Å². The molecule has 1 aromatic carbocycles. The first-order chi connectivity index (χ1) is 8.91. The molecule has 0 saturated carbocycles. The normalized spacial score (nSPS) is 11.8. The van der Waals surface area contributed by atoms with Crippen molar-refractivity contribution in [3.63, 3.8) is 0 Å². The second kappa shape index (κ2) is 5.30. The van der Waals surface area contributed by atoms with Crippen LogP contribution in [0.15, 0.2) is 28.9 Å². The number of benzene rings is 1. The van der Waals surface area contributed by atoms with Gasteiger partial charge in [0.2, 0.25) is 0 Å². The lowest BCUT2D eigenvalue weighted by atomic mass is 10.2. The molecule has 0 spiro atoms. The van der Waals surface area contributed by atoms with Gasteiger partial charge in [-0.3, -0.25) is 0 Å². The molecule has 1 N–H and O–H groups in total. The first-order valence-corrected chi connectivity index (χ1v) is 6.10. The van der Waals surface area contributed by atoms with E-state index in [2.05, 4.69) is 26.2 Å². The van der Waals surface area contributed by atoms with Crippen molar-refractivity contribution in [3.8, 4) is 5.69 Å². The predicted octanol–water partition coefficient (Wildman–Crippen LogP) is 2.58. The van der Waals surface area contributed by atoms with Crippen molar-refractivity contribution in [3.05, 3.63) is 40.1 Å². The average molecular weight is 336 g/mol. The van der Waals surface area contributed by atoms with E-state index in [1.165, 1.54) is 23.0 Å². The van der Waals surface area contributed by atoms with Crippen LogP contribution in [0.3, 0.4) is 0 Å². The highest BCUT2D eigenvalue weighted by Gasteiger charge is 2.33. The van der Waals surface area contributed by atoms with E-state index >= 15 is 0 Å². The first kappa shape index (κ1) is 14.0. The Kier molecular flexibility index (Phi) is 3.91. The van der Waals surface area contributed by atoms with Gasteiger partial charge in [-0.1, -0.05) is 21.1 Å². The van der Waals surface area contributed by atoms with Crippen LogP contribution in [-0.4, -0.2) is 26.7 Å². The van der Waals surface area contributed by atoms with Crippen molar-refractivity contribution in [2.75, 3.05) is 6.61 Å². The van der Waals surface area contributed by atoms with Gasteiger partial charge >= 0.3 is 6.18 Å². The van der Waals surface area contributed by atoms with E-state index in [1.807, 2.05) is 0 Å². The number of halogens is 4. The molecule has 19 heavy (non-hydrogen) atoms. The Labute approximate surface area is 115 Å². The van der Waals surface area contributed by atoms with Crippen molar-refractivity contribution < 1.29 is 18.3 Å². The maximum atomic E-state index is 12.8. The third kappa shape index (κ3) is 3.13. The van der Waals surface area contributed by atoms with Crippen LogP contribution in [0, 0.1) is 0 Å². The van der Waals surface area contributed by atoms with Gasteiger partial charge in [0.15, 0.2) is 0 Å². The molecule has 0 atom stereocenters. The lowest BCUT2D eigenvalue weighted by Crippen LogP contribution is -2.07. The van der Waals surface area contributed by atoms with E-state index < -0.39 is 11.7 Å². The number of hydrogen-bond donors (Lipinski definition) is 1. The zero-order valence-electron chi connectivity index (χ0n) is 9.52. The molecule has 0 aliphatic rings. The van der Waals surface area contributed by atoms with Gasteiger partial charge in [-0.25, -0.2) is 4.68 Å². The van der Waals surface area contributed by atoms with Crippen molar-refractivity contribution in [2.45, 2.75) is 12.6 Å². The highest BCUT2D eigenvalue weighted by atomic mass is 79.9. The molecule has 0 unspecified atom stereocenters. The number of aliphatic hydroxyl groups excluding tert-OH is 1. The Morgan fingerprint density at radius 1 is 1.32 bits per heavy atom. The molecule has 4 nitrogen and oxygen atoms in total. The molecular weight excluding hydrogens is 327 g/mol. The summed E-state index contributed by atoms with van der Waals surface area (Å²) in [6.45, 7) is -0.0904. The summed E-state index contributed by atoms with van der Waals surface area (Å²) >= 11 is 2.87. The Balaban J connectivity index is 2.39. The van der Waals surface area contributed by atoms with E-state index in [9.17, 15) is 13.2 Å². The Hall–Kier alpha value is -1.41. The average Bonchev–Trinajstić information content (AvgIpc) is 2.77. The highest BCUT2D eigenvalue weighted by Crippen LogP contribution is 2.35. The highest BCUT2D eigenvalue weighted by molar-refractivity contribution is 9.10. The number of nitrogens with zero attached hydrogens (tertiary/aromatic N) is 3.